The van der Waals surface area contributed by atoms with Gasteiger partial charge in [0.05, 0.1) is 12.8 Å². The van der Waals surface area contributed by atoms with E-state index < -0.39 is 18.0 Å². The van der Waals surface area contributed by atoms with Gasteiger partial charge < -0.3 is 10.4 Å². The van der Waals surface area contributed by atoms with Crippen LogP contribution in [0.1, 0.15) is 5.56 Å². The van der Waals surface area contributed by atoms with Crippen molar-refractivity contribution in [2.75, 3.05) is 12.2 Å². The van der Waals surface area contributed by atoms with E-state index in [4.69, 9.17) is 9.94 Å². The molecule has 1 aromatic rings. The summed E-state index contributed by atoms with van der Waals surface area (Å²) in [5, 5.41) is 12.0. The van der Waals surface area contributed by atoms with Gasteiger partial charge in [0.25, 0.3) is 5.91 Å². The molecule has 0 saturated carbocycles. The Morgan fingerprint density at radius 1 is 1.53 bits per heavy atom. The quantitative estimate of drug-likeness (QED) is 0.795. The number of carbonyl (C=O) groups is 2. The molecule has 2 N–H and O–H groups in total. The van der Waals surface area contributed by atoms with E-state index in [1.54, 1.807) is 12.1 Å². The largest absolute Gasteiger partial charge is 0.465 e. The zero-order valence-corrected chi connectivity index (χ0v) is 9.21. The smallest absolute Gasteiger partial charge is 0.405 e. The lowest BCUT2D eigenvalue weighted by atomic mass is 9.99. The van der Waals surface area contributed by atoms with Crippen molar-refractivity contribution < 1.29 is 19.5 Å². The van der Waals surface area contributed by atoms with Gasteiger partial charge in [0, 0.05) is 6.42 Å². The molecule has 17 heavy (non-hydrogen) atoms. The average Bonchev–Trinajstić information content (AvgIpc) is 2.30. The molecule has 0 aromatic heterocycles. The van der Waals surface area contributed by atoms with Gasteiger partial charge in [-0.1, -0.05) is 18.2 Å². The number of nitrogens with one attached hydrogen (secondary N) is 1. The van der Waals surface area contributed by atoms with Gasteiger partial charge >= 0.3 is 6.09 Å². The number of benzene rings is 1. The number of hydrogen-bond donors (Lipinski definition) is 2. The average molecular weight is 236 g/mol. The topological polar surface area (TPSA) is 78.9 Å². The Kier molecular flexibility index (Phi) is 2.97. The maximum Gasteiger partial charge on any atom is 0.405 e. The van der Waals surface area contributed by atoms with E-state index in [0.717, 1.165) is 10.6 Å². The predicted molar refractivity (Wildman–Crippen MR) is 59.6 cm³/mol. The first-order valence-corrected chi connectivity index (χ1v) is 5.09. The van der Waals surface area contributed by atoms with Crippen molar-refractivity contribution in [3.05, 3.63) is 29.8 Å². The van der Waals surface area contributed by atoms with Crippen molar-refractivity contribution >= 4 is 17.7 Å². The SMILES string of the molecule is CON1C(=O)[C@H](NC(=O)O)Cc2ccccc21. The normalized spacial score (nSPS) is 18.8. The first-order valence-electron chi connectivity index (χ1n) is 5.09. The van der Waals surface area contributed by atoms with Crippen LogP contribution in [0.25, 0.3) is 0 Å². The van der Waals surface area contributed by atoms with Crippen LogP contribution in [-0.2, 0) is 16.1 Å². The Morgan fingerprint density at radius 2 is 2.24 bits per heavy atom. The van der Waals surface area contributed by atoms with E-state index >= 15 is 0 Å². The Bertz CT molecular complexity index is 461. The molecule has 90 valence electrons. The van der Waals surface area contributed by atoms with Crippen molar-refractivity contribution in [1.82, 2.24) is 5.32 Å². The van der Waals surface area contributed by atoms with Crippen molar-refractivity contribution in [3.8, 4) is 0 Å². The van der Waals surface area contributed by atoms with Crippen molar-refractivity contribution in [2.45, 2.75) is 12.5 Å². The minimum Gasteiger partial charge on any atom is -0.465 e. The fourth-order valence-corrected chi connectivity index (χ4v) is 1.90. The second-order valence-electron chi connectivity index (χ2n) is 3.65. The highest BCUT2D eigenvalue weighted by molar-refractivity contribution is 5.99. The number of para-hydroxylation sites is 1. The third-order valence-corrected chi connectivity index (χ3v) is 2.61. The molecule has 0 bridgehead atoms. The summed E-state index contributed by atoms with van der Waals surface area (Å²) in [6, 6.07) is 6.42. The minimum absolute atomic E-state index is 0.334. The Hall–Kier alpha value is -2.08. The summed E-state index contributed by atoms with van der Waals surface area (Å²) >= 11 is 0. The summed E-state index contributed by atoms with van der Waals surface area (Å²) in [6.07, 6.45) is -0.889. The maximum atomic E-state index is 11.9. The van der Waals surface area contributed by atoms with E-state index in [1.807, 2.05) is 12.1 Å². The number of hydrogen-bond acceptors (Lipinski definition) is 3. The molecule has 2 amide bonds. The van der Waals surface area contributed by atoms with Crippen LogP contribution in [0.3, 0.4) is 0 Å². The molecule has 1 aliphatic heterocycles. The van der Waals surface area contributed by atoms with Crippen LogP contribution in [0.2, 0.25) is 0 Å². The molecule has 0 saturated heterocycles. The Labute approximate surface area is 97.7 Å². The number of rotatable bonds is 2. The Balaban J connectivity index is 2.35. The first-order chi connectivity index (χ1) is 8.13. The monoisotopic (exact) mass is 236 g/mol. The van der Waals surface area contributed by atoms with Crippen LogP contribution in [0, 0.1) is 0 Å². The van der Waals surface area contributed by atoms with Crippen molar-refractivity contribution in [1.29, 1.82) is 0 Å². The molecular weight excluding hydrogens is 224 g/mol. The van der Waals surface area contributed by atoms with Gasteiger partial charge in [-0.3, -0.25) is 9.63 Å². The summed E-state index contributed by atoms with van der Waals surface area (Å²) < 4.78 is 0. The molecule has 6 heteroatoms. The molecule has 0 unspecified atom stereocenters. The lowest BCUT2D eigenvalue weighted by molar-refractivity contribution is -0.127. The highest BCUT2D eigenvalue weighted by Gasteiger charge is 2.34. The van der Waals surface area contributed by atoms with Gasteiger partial charge in [-0.2, -0.15) is 5.06 Å². The van der Waals surface area contributed by atoms with Crippen LogP contribution in [-0.4, -0.2) is 30.3 Å². The summed E-state index contributed by atoms with van der Waals surface area (Å²) in [5.74, 6) is -0.409. The van der Waals surface area contributed by atoms with E-state index in [1.165, 1.54) is 7.11 Å². The summed E-state index contributed by atoms with van der Waals surface area (Å²) in [5.41, 5.74) is 1.52. The first kappa shape index (κ1) is 11.4. The van der Waals surface area contributed by atoms with Gasteiger partial charge in [-0.15, -0.1) is 0 Å². The third kappa shape index (κ3) is 2.07. The molecular formula is C11H12N2O4. The van der Waals surface area contributed by atoms with Gasteiger partial charge in [-0.25, -0.2) is 4.79 Å². The molecule has 2 rings (SSSR count). The maximum absolute atomic E-state index is 11.9. The van der Waals surface area contributed by atoms with Crippen LogP contribution < -0.4 is 10.4 Å². The van der Waals surface area contributed by atoms with Gasteiger partial charge in [0.15, 0.2) is 0 Å². The lowest BCUT2D eigenvalue weighted by Crippen LogP contribution is -2.52. The fourth-order valence-electron chi connectivity index (χ4n) is 1.90. The number of carboxylic acid groups (broad SMARTS) is 1. The number of carbonyl (C=O) groups excluding carboxylic acids is 1. The Morgan fingerprint density at radius 3 is 2.88 bits per heavy atom. The number of fused-ring (bicyclic) bond motifs is 1. The van der Waals surface area contributed by atoms with E-state index in [-0.39, 0.29) is 0 Å². The molecule has 0 aliphatic carbocycles. The molecule has 0 fully saturated rings. The van der Waals surface area contributed by atoms with Gasteiger partial charge in [-0.05, 0) is 11.6 Å². The number of nitrogens with zero attached hydrogens (tertiary/aromatic N) is 1. The van der Waals surface area contributed by atoms with Crippen LogP contribution in [0.15, 0.2) is 24.3 Å². The van der Waals surface area contributed by atoms with Crippen LogP contribution >= 0.6 is 0 Å². The molecule has 0 spiro atoms. The predicted octanol–water partition coefficient (Wildman–Crippen LogP) is 0.773. The third-order valence-electron chi connectivity index (χ3n) is 2.61. The zero-order chi connectivity index (χ0) is 12.4. The van der Waals surface area contributed by atoms with E-state index in [9.17, 15) is 9.59 Å². The highest BCUT2D eigenvalue weighted by atomic mass is 16.7. The van der Waals surface area contributed by atoms with Gasteiger partial charge in [0.1, 0.15) is 6.04 Å². The molecule has 1 aliphatic rings. The standard InChI is InChI=1S/C11H12N2O4/c1-17-13-9-5-3-2-4-7(9)6-8(10(13)14)12-11(15)16/h2-5,8,12H,6H2,1H3,(H,15,16)/t8-/m1/s1. The molecule has 6 nitrogen and oxygen atoms in total. The lowest BCUT2D eigenvalue weighted by Gasteiger charge is -2.31. The molecule has 1 heterocycles. The number of hydroxylamine groups is 1. The summed E-state index contributed by atoms with van der Waals surface area (Å²) in [7, 11) is 1.37. The fraction of sp³-hybridized carbons (Fsp3) is 0.273. The zero-order valence-electron chi connectivity index (χ0n) is 9.21. The second-order valence-corrected chi connectivity index (χ2v) is 3.65. The van der Waals surface area contributed by atoms with E-state index in [0.29, 0.717) is 12.1 Å². The number of amides is 2. The van der Waals surface area contributed by atoms with Crippen LogP contribution in [0.5, 0.6) is 0 Å². The van der Waals surface area contributed by atoms with Gasteiger partial charge in [0.2, 0.25) is 0 Å². The minimum atomic E-state index is -1.22. The van der Waals surface area contributed by atoms with E-state index in [2.05, 4.69) is 5.32 Å². The summed E-state index contributed by atoms with van der Waals surface area (Å²) in [6.45, 7) is 0. The highest BCUT2D eigenvalue weighted by Crippen LogP contribution is 2.27. The molecule has 1 aromatic carbocycles. The molecule has 1 atom stereocenters. The second kappa shape index (κ2) is 4.42. The van der Waals surface area contributed by atoms with Crippen LogP contribution in [0.4, 0.5) is 10.5 Å². The van der Waals surface area contributed by atoms with Crippen molar-refractivity contribution in [3.63, 3.8) is 0 Å². The summed E-state index contributed by atoms with van der Waals surface area (Å²) in [4.78, 5) is 27.5. The molecule has 0 radical (unpaired) electrons. The van der Waals surface area contributed by atoms with Crippen molar-refractivity contribution in [2.24, 2.45) is 0 Å². The number of anilines is 1.